The zero-order valence-corrected chi connectivity index (χ0v) is 13.4. The van der Waals surface area contributed by atoms with Gasteiger partial charge in [-0.25, -0.2) is 4.98 Å². The number of aromatic nitrogens is 1. The third-order valence-electron chi connectivity index (χ3n) is 3.93. The van der Waals surface area contributed by atoms with Crippen molar-refractivity contribution in [3.63, 3.8) is 0 Å². The molecule has 3 rings (SSSR count). The molecule has 3 nitrogen and oxygen atoms in total. The molecule has 0 spiro atoms. The first kappa shape index (κ1) is 14.5. The molecule has 1 N–H and O–H groups in total. The van der Waals surface area contributed by atoms with Crippen LogP contribution in [0.1, 0.15) is 46.7 Å². The Balaban J connectivity index is 1.87. The summed E-state index contributed by atoms with van der Waals surface area (Å²) in [7, 11) is 0. The van der Waals surface area contributed by atoms with E-state index >= 15 is 0 Å². The van der Waals surface area contributed by atoms with Crippen LogP contribution in [0.15, 0.2) is 29.6 Å². The fraction of sp³-hybridized carbons (Fsp3) is 0.375. The van der Waals surface area contributed by atoms with Crippen molar-refractivity contribution in [1.29, 1.82) is 0 Å². The van der Waals surface area contributed by atoms with Gasteiger partial charge in [-0.2, -0.15) is 0 Å². The van der Waals surface area contributed by atoms with Gasteiger partial charge < -0.3 is 5.32 Å². The maximum Gasteiger partial charge on any atom is 0.252 e. The summed E-state index contributed by atoms with van der Waals surface area (Å²) < 4.78 is 0. The lowest BCUT2D eigenvalue weighted by Crippen LogP contribution is -2.43. The molecule has 110 valence electrons. The molecular weight excluding hydrogens is 304 g/mol. The van der Waals surface area contributed by atoms with Crippen molar-refractivity contribution in [3.05, 3.63) is 50.9 Å². The Morgan fingerprint density at radius 3 is 2.76 bits per heavy atom. The van der Waals surface area contributed by atoms with Crippen LogP contribution in [0.2, 0.25) is 5.02 Å². The number of nitrogens with zero attached hydrogens (tertiary/aromatic N) is 1. The van der Waals surface area contributed by atoms with E-state index in [9.17, 15) is 4.79 Å². The summed E-state index contributed by atoms with van der Waals surface area (Å²) in [6, 6.07) is 7.06. The van der Waals surface area contributed by atoms with E-state index in [1.54, 1.807) is 35.6 Å². The number of rotatable bonds is 3. The number of carbonyl (C=O) groups is 1. The zero-order valence-electron chi connectivity index (χ0n) is 11.9. The number of carbonyl (C=O) groups excluding carboxylic acids is 1. The van der Waals surface area contributed by atoms with Crippen molar-refractivity contribution in [2.24, 2.45) is 0 Å². The molecular formula is C16H17ClN2OS. The van der Waals surface area contributed by atoms with Gasteiger partial charge in [-0.05, 0) is 38.0 Å². The second kappa shape index (κ2) is 5.78. The number of thiazole rings is 1. The number of aryl methyl sites for hydroxylation is 1. The number of halogens is 1. The Morgan fingerprint density at radius 2 is 2.14 bits per heavy atom. The van der Waals surface area contributed by atoms with Crippen molar-refractivity contribution in [2.45, 2.75) is 38.1 Å². The summed E-state index contributed by atoms with van der Waals surface area (Å²) in [5, 5.41) is 6.86. The third kappa shape index (κ3) is 2.97. The molecule has 1 amide bonds. The van der Waals surface area contributed by atoms with E-state index in [1.165, 1.54) is 0 Å². The van der Waals surface area contributed by atoms with Gasteiger partial charge in [-0.3, -0.25) is 4.79 Å². The molecule has 1 aliphatic carbocycles. The zero-order chi connectivity index (χ0) is 14.9. The van der Waals surface area contributed by atoms with Gasteiger partial charge in [0.15, 0.2) is 0 Å². The van der Waals surface area contributed by atoms with Gasteiger partial charge in [-0.1, -0.05) is 30.5 Å². The maximum absolute atomic E-state index is 12.5. The normalized spacial score (nSPS) is 16.9. The average Bonchev–Trinajstić information content (AvgIpc) is 3.09. The molecule has 0 aliphatic heterocycles. The Hall–Kier alpha value is -1.39. The molecule has 1 aromatic carbocycles. The molecule has 0 saturated heterocycles. The van der Waals surface area contributed by atoms with Crippen LogP contribution in [0.4, 0.5) is 0 Å². The standard InChI is InChI=1S/C16H17ClN2OS/c1-11-10-21-15(18-11)16(7-2-3-8-16)19-14(20)12-5-4-6-13(17)9-12/h4-6,9-10H,2-3,7-8H2,1H3,(H,19,20). The van der Waals surface area contributed by atoms with Gasteiger partial charge in [0.25, 0.3) is 5.91 Å². The highest BCUT2D eigenvalue weighted by molar-refractivity contribution is 7.09. The summed E-state index contributed by atoms with van der Waals surface area (Å²) in [5.74, 6) is -0.0766. The Morgan fingerprint density at radius 1 is 1.38 bits per heavy atom. The van der Waals surface area contributed by atoms with Crippen LogP contribution in [-0.4, -0.2) is 10.9 Å². The minimum absolute atomic E-state index is 0.0766. The van der Waals surface area contributed by atoms with Crippen molar-refractivity contribution in [2.75, 3.05) is 0 Å². The molecule has 21 heavy (non-hydrogen) atoms. The average molecular weight is 321 g/mol. The minimum atomic E-state index is -0.307. The molecule has 0 unspecified atom stereocenters. The van der Waals surface area contributed by atoms with E-state index in [1.807, 2.05) is 12.3 Å². The third-order valence-corrected chi connectivity index (χ3v) is 5.32. The van der Waals surface area contributed by atoms with Crippen molar-refractivity contribution in [1.82, 2.24) is 10.3 Å². The van der Waals surface area contributed by atoms with Crippen LogP contribution in [0.5, 0.6) is 0 Å². The van der Waals surface area contributed by atoms with E-state index in [2.05, 4.69) is 10.3 Å². The molecule has 1 aliphatic rings. The Labute approximate surface area is 133 Å². The number of hydrogen-bond acceptors (Lipinski definition) is 3. The lowest BCUT2D eigenvalue weighted by molar-refractivity contribution is 0.0898. The van der Waals surface area contributed by atoms with Gasteiger partial charge in [0.05, 0.1) is 5.54 Å². The number of nitrogens with one attached hydrogen (secondary N) is 1. The molecule has 1 saturated carbocycles. The predicted molar refractivity (Wildman–Crippen MR) is 85.9 cm³/mol. The monoisotopic (exact) mass is 320 g/mol. The number of amides is 1. The van der Waals surface area contributed by atoms with Crippen molar-refractivity contribution in [3.8, 4) is 0 Å². The molecule has 2 aromatic rings. The molecule has 0 radical (unpaired) electrons. The van der Waals surface area contributed by atoms with E-state index in [-0.39, 0.29) is 11.4 Å². The van der Waals surface area contributed by atoms with E-state index in [0.717, 1.165) is 36.4 Å². The number of benzene rings is 1. The van der Waals surface area contributed by atoms with Gasteiger partial charge in [-0.15, -0.1) is 11.3 Å². The smallest absolute Gasteiger partial charge is 0.252 e. The molecule has 1 fully saturated rings. The second-order valence-corrected chi connectivity index (χ2v) is 6.84. The van der Waals surface area contributed by atoms with Crippen LogP contribution in [0.3, 0.4) is 0 Å². The lowest BCUT2D eigenvalue weighted by atomic mass is 9.97. The summed E-state index contributed by atoms with van der Waals surface area (Å²) in [6.07, 6.45) is 4.14. The lowest BCUT2D eigenvalue weighted by Gasteiger charge is -2.28. The van der Waals surface area contributed by atoms with Crippen LogP contribution >= 0.6 is 22.9 Å². The maximum atomic E-state index is 12.5. The van der Waals surface area contributed by atoms with Gasteiger partial charge in [0, 0.05) is 21.7 Å². The Kier molecular flexibility index (Phi) is 4.00. The van der Waals surface area contributed by atoms with Gasteiger partial charge in [0.1, 0.15) is 5.01 Å². The molecule has 0 bridgehead atoms. The molecule has 1 aromatic heterocycles. The molecule has 1 heterocycles. The van der Waals surface area contributed by atoms with Gasteiger partial charge in [0.2, 0.25) is 0 Å². The largest absolute Gasteiger partial charge is 0.340 e. The van der Waals surface area contributed by atoms with Crippen molar-refractivity contribution < 1.29 is 4.79 Å². The SMILES string of the molecule is Cc1csc(C2(NC(=O)c3cccc(Cl)c3)CCCC2)n1. The topological polar surface area (TPSA) is 42.0 Å². The van der Waals surface area contributed by atoms with Crippen LogP contribution in [0.25, 0.3) is 0 Å². The quantitative estimate of drug-likeness (QED) is 0.916. The highest BCUT2D eigenvalue weighted by Gasteiger charge is 2.39. The highest BCUT2D eigenvalue weighted by Crippen LogP contribution is 2.40. The predicted octanol–water partition coefficient (Wildman–Crippen LogP) is 4.30. The van der Waals surface area contributed by atoms with E-state index in [4.69, 9.17) is 11.6 Å². The van der Waals surface area contributed by atoms with Gasteiger partial charge >= 0.3 is 0 Å². The first-order valence-corrected chi connectivity index (χ1v) is 8.35. The van der Waals surface area contributed by atoms with E-state index in [0.29, 0.717) is 10.6 Å². The molecule has 0 atom stereocenters. The second-order valence-electron chi connectivity index (χ2n) is 5.55. The van der Waals surface area contributed by atoms with Crippen molar-refractivity contribution >= 4 is 28.8 Å². The highest BCUT2D eigenvalue weighted by atomic mass is 35.5. The van der Waals surface area contributed by atoms with Crippen LogP contribution < -0.4 is 5.32 Å². The Bertz CT molecular complexity index is 662. The summed E-state index contributed by atoms with van der Waals surface area (Å²) >= 11 is 7.60. The summed E-state index contributed by atoms with van der Waals surface area (Å²) in [5.41, 5.74) is 1.30. The fourth-order valence-corrected chi connectivity index (χ4v) is 4.07. The number of hydrogen-bond donors (Lipinski definition) is 1. The fourth-order valence-electron chi connectivity index (χ4n) is 2.86. The van der Waals surface area contributed by atoms with E-state index < -0.39 is 0 Å². The minimum Gasteiger partial charge on any atom is -0.340 e. The summed E-state index contributed by atoms with van der Waals surface area (Å²) in [4.78, 5) is 17.2. The van der Waals surface area contributed by atoms with Crippen LogP contribution in [0, 0.1) is 6.92 Å². The van der Waals surface area contributed by atoms with Crippen LogP contribution in [-0.2, 0) is 5.54 Å². The summed E-state index contributed by atoms with van der Waals surface area (Å²) in [6.45, 7) is 1.99. The molecule has 5 heteroatoms. The first-order valence-electron chi connectivity index (χ1n) is 7.10. The first-order chi connectivity index (χ1) is 10.1.